The van der Waals surface area contributed by atoms with Crippen LogP contribution >= 0.6 is 21.6 Å². The molecule has 0 bridgehead atoms. The summed E-state index contributed by atoms with van der Waals surface area (Å²) < 4.78 is 0. The molecule has 2 heteroatoms. The molecular formula is C14H12S2. The fourth-order valence-electron chi connectivity index (χ4n) is 1.23. The van der Waals surface area contributed by atoms with Crippen LogP contribution < -0.4 is 0 Å². The standard InChI is InChI=1S/C14H12S2/c1-3-7-13(8-4-1)11-12-15-16-14-9-5-2-6-10-14/h1-12H/b12-11+. The molecule has 0 aliphatic carbocycles. The zero-order valence-electron chi connectivity index (χ0n) is 8.74. The summed E-state index contributed by atoms with van der Waals surface area (Å²) in [5, 5.41) is 2.12. The average molecular weight is 244 g/mol. The van der Waals surface area contributed by atoms with E-state index in [-0.39, 0.29) is 0 Å². The Bertz CT molecular complexity index is 435. The largest absolute Gasteiger partial charge is 0.0622 e. The van der Waals surface area contributed by atoms with Gasteiger partial charge in [-0.1, -0.05) is 70.1 Å². The minimum atomic E-state index is 1.24. The van der Waals surface area contributed by atoms with Crippen molar-refractivity contribution in [3.05, 3.63) is 71.6 Å². The Hall–Kier alpha value is -1.12. The summed E-state index contributed by atoms with van der Waals surface area (Å²) in [7, 11) is 3.51. The van der Waals surface area contributed by atoms with Gasteiger partial charge in [0.25, 0.3) is 0 Å². The van der Waals surface area contributed by atoms with Gasteiger partial charge in [0.1, 0.15) is 0 Å². The van der Waals surface area contributed by atoms with E-state index in [1.165, 1.54) is 10.5 Å². The van der Waals surface area contributed by atoms with Crippen molar-refractivity contribution in [2.45, 2.75) is 4.90 Å². The van der Waals surface area contributed by atoms with Crippen LogP contribution in [0.1, 0.15) is 5.56 Å². The zero-order valence-corrected chi connectivity index (χ0v) is 10.4. The third-order valence-electron chi connectivity index (χ3n) is 2.00. The fourth-order valence-corrected chi connectivity index (χ4v) is 2.88. The molecule has 0 saturated carbocycles. The first-order valence-corrected chi connectivity index (χ1v) is 7.26. The summed E-state index contributed by atoms with van der Waals surface area (Å²) in [6, 6.07) is 20.7. The normalized spacial score (nSPS) is 10.8. The first-order chi connectivity index (χ1) is 7.95. The summed E-state index contributed by atoms with van der Waals surface area (Å²) in [6.45, 7) is 0. The molecule has 0 aromatic heterocycles. The summed E-state index contributed by atoms with van der Waals surface area (Å²) >= 11 is 0. The van der Waals surface area contributed by atoms with Crippen LogP contribution in [0.5, 0.6) is 0 Å². The molecule has 0 unspecified atom stereocenters. The third-order valence-corrected chi connectivity index (χ3v) is 4.01. The Morgan fingerprint density at radius 2 is 1.38 bits per heavy atom. The van der Waals surface area contributed by atoms with E-state index in [4.69, 9.17) is 0 Å². The van der Waals surface area contributed by atoms with E-state index in [1.807, 2.05) is 12.1 Å². The van der Waals surface area contributed by atoms with E-state index in [0.29, 0.717) is 0 Å². The molecule has 0 heterocycles. The Morgan fingerprint density at radius 3 is 2.06 bits per heavy atom. The molecule has 0 amide bonds. The van der Waals surface area contributed by atoms with E-state index in [2.05, 4.69) is 60.0 Å². The Labute approximate surface area is 104 Å². The lowest BCUT2D eigenvalue weighted by atomic mass is 10.2. The van der Waals surface area contributed by atoms with Gasteiger partial charge in [-0.25, -0.2) is 0 Å². The van der Waals surface area contributed by atoms with Gasteiger partial charge in [0.05, 0.1) is 0 Å². The van der Waals surface area contributed by atoms with Crippen molar-refractivity contribution in [1.29, 1.82) is 0 Å². The van der Waals surface area contributed by atoms with Gasteiger partial charge in [-0.2, -0.15) is 0 Å². The lowest BCUT2D eigenvalue weighted by Gasteiger charge is -1.95. The summed E-state index contributed by atoms with van der Waals surface area (Å²) in [5.41, 5.74) is 1.24. The topological polar surface area (TPSA) is 0 Å². The first kappa shape index (κ1) is 11.4. The second-order valence-electron chi connectivity index (χ2n) is 3.21. The molecule has 0 radical (unpaired) electrons. The second-order valence-corrected chi connectivity index (χ2v) is 5.39. The van der Waals surface area contributed by atoms with Gasteiger partial charge in [-0.15, -0.1) is 0 Å². The molecule has 0 saturated heterocycles. The van der Waals surface area contributed by atoms with Crippen LogP contribution in [0.15, 0.2) is 71.0 Å². The van der Waals surface area contributed by atoms with E-state index in [0.717, 1.165) is 0 Å². The molecule has 80 valence electrons. The molecule has 0 aliphatic heterocycles. The first-order valence-electron chi connectivity index (χ1n) is 5.05. The lowest BCUT2D eigenvalue weighted by molar-refractivity contribution is 1.48. The monoisotopic (exact) mass is 244 g/mol. The zero-order chi connectivity index (χ0) is 11.1. The van der Waals surface area contributed by atoms with Gasteiger partial charge >= 0.3 is 0 Å². The summed E-state index contributed by atoms with van der Waals surface area (Å²) in [4.78, 5) is 1.28. The fraction of sp³-hybridized carbons (Fsp3) is 0. The third kappa shape index (κ3) is 3.80. The van der Waals surface area contributed by atoms with Crippen LogP contribution in [-0.2, 0) is 0 Å². The van der Waals surface area contributed by atoms with Crippen molar-refractivity contribution < 1.29 is 0 Å². The number of benzene rings is 2. The van der Waals surface area contributed by atoms with Crippen molar-refractivity contribution in [2.24, 2.45) is 0 Å². The highest BCUT2D eigenvalue weighted by molar-refractivity contribution is 8.77. The van der Waals surface area contributed by atoms with Gasteiger partial charge in [0.2, 0.25) is 0 Å². The van der Waals surface area contributed by atoms with E-state index < -0.39 is 0 Å². The Morgan fingerprint density at radius 1 is 0.750 bits per heavy atom. The molecule has 0 fully saturated rings. The van der Waals surface area contributed by atoms with Gasteiger partial charge in [0, 0.05) is 4.90 Å². The number of hydrogen-bond acceptors (Lipinski definition) is 2. The quantitative estimate of drug-likeness (QED) is 0.686. The maximum Gasteiger partial charge on any atom is 0.0186 e. The molecule has 2 aromatic carbocycles. The summed E-state index contributed by atoms with van der Waals surface area (Å²) in [5.74, 6) is 0. The van der Waals surface area contributed by atoms with Gasteiger partial charge in [-0.3, -0.25) is 0 Å². The van der Waals surface area contributed by atoms with Crippen LogP contribution in [0, 0.1) is 0 Å². The highest BCUT2D eigenvalue weighted by Crippen LogP contribution is 2.31. The predicted octanol–water partition coefficient (Wildman–Crippen LogP) is 5.10. The van der Waals surface area contributed by atoms with Gasteiger partial charge in [-0.05, 0) is 29.2 Å². The van der Waals surface area contributed by atoms with Crippen molar-refractivity contribution >= 4 is 27.7 Å². The lowest BCUT2D eigenvalue weighted by Crippen LogP contribution is -1.66. The number of hydrogen-bond donors (Lipinski definition) is 0. The SMILES string of the molecule is C(=C\c1ccccc1)/SSc1ccccc1. The molecule has 0 atom stereocenters. The molecule has 2 rings (SSSR count). The van der Waals surface area contributed by atoms with Crippen molar-refractivity contribution in [1.82, 2.24) is 0 Å². The van der Waals surface area contributed by atoms with E-state index >= 15 is 0 Å². The van der Waals surface area contributed by atoms with Crippen LogP contribution in [-0.4, -0.2) is 0 Å². The Kier molecular flexibility index (Phi) is 4.59. The molecule has 0 nitrogen and oxygen atoms in total. The van der Waals surface area contributed by atoms with Crippen LogP contribution in [0.3, 0.4) is 0 Å². The maximum absolute atomic E-state index is 2.13. The highest BCUT2D eigenvalue weighted by atomic mass is 33.1. The molecule has 2 aromatic rings. The molecule has 16 heavy (non-hydrogen) atoms. The molecular weight excluding hydrogens is 232 g/mol. The van der Waals surface area contributed by atoms with Crippen LogP contribution in [0.2, 0.25) is 0 Å². The van der Waals surface area contributed by atoms with Gasteiger partial charge < -0.3 is 0 Å². The van der Waals surface area contributed by atoms with Crippen molar-refractivity contribution in [3.63, 3.8) is 0 Å². The summed E-state index contributed by atoms with van der Waals surface area (Å²) in [6.07, 6.45) is 2.13. The average Bonchev–Trinajstić information content (AvgIpc) is 2.37. The maximum atomic E-state index is 2.13. The smallest absolute Gasteiger partial charge is 0.0186 e. The van der Waals surface area contributed by atoms with Crippen LogP contribution in [0.25, 0.3) is 6.08 Å². The Balaban J connectivity index is 1.83. The highest BCUT2D eigenvalue weighted by Gasteiger charge is 1.89. The van der Waals surface area contributed by atoms with Crippen LogP contribution in [0.4, 0.5) is 0 Å². The van der Waals surface area contributed by atoms with Crippen molar-refractivity contribution in [3.8, 4) is 0 Å². The second kappa shape index (κ2) is 6.46. The van der Waals surface area contributed by atoms with E-state index in [1.54, 1.807) is 21.6 Å². The minimum absolute atomic E-state index is 1.24. The van der Waals surface area contributed by atoms with E-state index in [9.17, 15) is 0 Å². The van der Waals surface area contributed by atoms with Crippen molar-refractivity contribution in [2.75, 3.05) is 0 Å². The molecule has 0 N–H and O–H groups in total. The predicted molar refractivity (Wildman–Crippen MR) is 75.4 cm³/mol. The minimum Gasteiger partial charge on any atom is -0.0622 e. The number of rotatable bonds is 4. The molecule has 0 aliphatic rings. The van der Waals surface area contributed by atoms with Gasteiger partial charge in [0.15, 0.2) is 0 Å². The molecule has 0 spiro atoms.